The van der Waals surface area contributed by atoms with Gasteiger partial charge in [0.15, 0.2) is 6.10 Å². The van der Waals surface area contributed by atoms with E-state index in [1.165, 1.54) is 19.2 Å². The molecule has 1 fully saturated rings. The second-order valence-corrected chi connectivity index (χ2v) is 4.62. The number of ether oxygens (including phenoxy) is 1. The van der Waals surface area contributed by atoms with Gasteiger partial charge in [0.05, 0.1) is 19.6 Å². The zero-order valence-electron chi connectivity index (χ0n) is 11.3. The molecule has 0 spiro atoms. The van der Waals surface area contributed by atoms with Crippen LogP contribution in [-0.2, 0) is 20.7 Å². The number of benzene rings is 1. The number of amides is 2. The molecular weight excluding hydrogens is 263 g/mol. The Morgan fingerprint density at radius 1 is 1.40 bits per heavy atom. The Labute approximate surface area is 116 Å². The van der Waals surface area contributed by atoms with Crippen LogP contribution >= 0.6 is 0 Å². The molecule has 2 amide bonds. The second kappa shape index (κ2) is 6.47. The molecule has 0 radical (unpaired) electrons. The van der Waals surface area contributed by atoms with Gasteiger partial charge in [0.1, 0.15) is 5.82 Å². The molecule has 1 atom stereocenters. The molecule has 1 aromatic carbocycles. The van der Waals surface area contributed by atoms with Crippen LogP contribution < -0.4 is 5.32 Å². The zero-order chi connectivity index (χ0) is 14.5. The lowest BCUT2D eigenvalue weighted by Crippen LogP contribution is -2.51. The van der Waals surface area contributed by atoms with Gasteiger partial charge in [-0.25, -0.2) is 4.39 Å². The summed E-state index contributed by atoms with van der Waals surface area (Å²) in [4.78, 5) is 25.3. The van der Waals surface area contributed by atoms with Crippen molar-refractivity contribution in [1.82, 2.24) is 10.2 Å². The molecule has 0 aliphatic carbocycles. The van der Waals surface area contributed by atoms with Crippen molar-refractivity contribution in [3.05, 3.63) is 35.6 Å². The van der Waals surface area contributed by atoms with Crippen LogP contribution in [0.3, 0.4) is 0 Å². The number of carbonyl (C=O) groups is 2. The Kier molecular flexibility index (Phi) is 4.68. The van der Waals surface area contributed by atoms with Crippen molar-refractivity contribution >= 4 is 11.8 Å². The highest BCUT2D eigenvalue weighted by atomic mass is 19.1. The van der Waals surface area contributed by atoms with E-state index in [2.05, 4.69) is 5.32 Å². The van der Waals surface area contributed by atoms with E-state index < -0.39 is 6.10 Å². The van der Waals surface area contributed by atoms with Crippen LogP contribution in [0.2, 0.25) is 0 Å². The first-order valence-corrected chi connectivity index (χ1v) is 6.45. The minimum Gasteiger partial charge on any atom is -0.365 e. The number of halogens is 1. The first-order chi connectivity index (χ1) is 9.60. The Bertz CT molecular complexity index is 490. The van der Waals surface area contributed by atoms with Gasteiger partial charge in [0.25, 0.3) is 5.91 Å². The van der Waals surface area contributed by atoms with E-state index in [0.29, 0.717) is 13.2 Å². The van der Waals surface area contributed by atoms with E-state index in [1.807, 2.05) is 0 Å². The minimum atomic E-state index is -0.620. The van der Waals surface area contributed by atoms with Gasteiger partial charge in [-0.2, -0.15) is 0 Å². The molecule has 1 aliphatic heterocycles. The average Bonchev–Trinajstić information content (AvgIpc) is 2.49. The molecule has 1 N–H and O–H groups in total. The fraction of sp³-hybridized carbons (Fsp3) is 0.429. The summed E-state index contributed by atoms with van der Waals surface area (Å²) in [7, 11) is 1.53. The highest BCUT2D eigenvalue weighted by Crippen LogP contribution is 2.10. The molecular formula is C14H17FN2O3. The first-order valence-electron chi connectivity index (χ1n) is 6.45. The molecule has 0 saturated carbocycles. The largest absolute Gasteiger partial charge is 0.365 e. The zero-order valence-corrected chi connectivity index (χ0v) is 11.3. The van der Waals surface area contributed by atoms with Crippen molar-refractivity contribution in [2.45, 2.75) is 12.5 Å². The smallest absolute Gasteiger partial charge is 0.250 e. The van der Waals surface area contributed by atoms with Crippen molar-refractivity contribution < 1.29 is 18.7 Å². The van der Waals surface area contributed by atoms with Crippen LogP contribution in [0, 0.1) is 5.82 Å². The number of nitrogens with one attached hydrogen (secondary N) is 1. The number of likely N-dealkylation sites (N-methyl/N-ethyl adjacent to an activating group) is 1. The summed E-state index contributed by atoms with van der Waals surface area (Å²) in [6.45, 7) is 1.06. The molecule has 1 heterocycles. The van der Waals surface area contributed by atoms with Gasteiger partial charge in [-0.1, -0.05) is 12.1 Å². The van der Waals surface area contributed by atoms with Crippen LogP contribution in [-0.4, -0.2) is 49.6 Å². The third-order valence-corrected chi connectivity index (χ3v) is 3.23. The summed E-state index contributed by atoms with van der Waals surface area (Å²) < 4.78 is 18.1. The maximum Gasteiger partial charge on any atom is 0.250 e. The molecule has 1 aliphatic rings. The van der Waals surface area contributed by atoms with E-state index in [0.717, 1.165) is 5.56 Å². The van der Waals surface area contributed by atoms with Gasteiger partial charge < -0.3 is 15.0 Å². The number of hydrogen-bond acceptors (Lipinski definition) is 3. The van der Waals surface area contributed by atoms with Crippen LogP contribution in [0.15, 0.2) is 24.3 Å². The molecule has 108 valence electrons. The molecule has 5 nitrogen and oxygen atoms in total. The summed E-state index contributed by atoms with van der Waals surface area (Å²) in [5.74, 6) is -0.648. The Hall–Kier alpha value is -1.95. The number of carbonyl (C=O) groups excluding carboxylic acids is 2. The molecule has 1 aromatic rings. The lowest BCUT2D eigenvalue weighted by molar-refractivity contribution is -0.146. The number of hydrogen-bond donors (Lipinski definition) is 1. The van der Waals surface area contributed by atoms with Crippen LogP contribution in [0.1, 0.15) is 5.56 Å². The molecule has 6 heteroatoms. The lowest BCUT2D eigenvalue weighted by Gasteiger charge is -2.32. The van der Waals surface area contributed by atoms with E-state index in [-0.39, 0.29) is 30.6 Å². The normalized spacial score (nSPS) is 18.7. The third kappa shape index (κ3) is 3.54. The van der Waals surface area contributed by atoms with Crippen molar-refractivity contribution in [2.75, 3.05) is 26.7 Å². The van der Waals surface area contributed by atoms with Crippen LogP contribution in [0.25, 0.3) is 0 Å². The highest BCUT2D eigenvalue weighted by Gasteiger charge is 2.28. The molecule has 1 unspecified atom stereocenters. The SMILES string of the molecule is CNC(=O)C1CN(C(=O)Cc2ccc(F)cc2)CCO1. The quantitative estimate of drug-likeness (QED) is 0.868. The number of nitrogens with zero attached hydrogens (tertiary/aromatic N) is 1. The van der Waals surface area contributed by atoms with Gasteiger partial charge in [-0.05, 0) is 17.7 Å². The fourth-order valence-corrected chi connectivity index (χ4v) is 2.08. The van der Waals surface area contributed by atoms with Gasteiger partial charge in [0.2, 0.25) is 5.91 Å². The Morgan fingerprint density at radius 3 is 2.75 bits per heavy atom. The first kappa shape index (κ1) is 14.5. The van der Waals surface area contributed by atoms with Crippen LogP contribution in [0.5, 0.6) is 0 Å². The molecule has 0 bridgehead atoms. The van der Waals surface area contributed by atoms with Gasteiger partial charge in [-0.15, -0.1) is 0 Å². The third-order valence-electron chi connectivity index (χ3n) is 3.23. The number of rotatable bonds is 3. The van der Waals surface area contributed by atoms with E-state index in [4.69, 9.17) is 4.74 Å². The average molecular weight is 280 g/mol. The molecule has 0 aromatic heterocycles. The second-order valence-electron chi connectivity index (χ2n) is 4.62. The topological polar surface area (TPSA) is 58.6 Å². The molecule has 1 saturated heterocycles. The summed E-state index contributed by atoms with van der Waals surface area (Å²) >= 11 is 0. The lowest BCUT2D eigenvalue weighted by atomic mass is 10.1. The molecule has 2 rings (SSSR count). The highest BCUT2D eigenvalue weighted by molar-refractivity contribution is 5.83. The van der Waals surface area contributed by atoms with Crippen molar-refractivity contribution in [3.63, 3.8) is 0 Å². The van der Waals surface area contributed by atoms with Gasteiger partial charge >= 0.3 is 0 Å². The van der Waals surface area contributed by atoms with Crippen molar-refractivity contribution in [1.29, 1.82) is 0 Å². The summed E-state index contributed by atoms with van der Waals surface area (Å²) in [6, 6.07) is 5.83. The number of morpholine rings is 1. The monoisotopic (exact) mass is 280 g/mol. The summed E-state index contributed by atoms with van der Waals surface area (Å²) in [5, 5.41) is 2.51. The Morgan fingerprint density at radius 2 is 2.10 bits per heavy atom. The van der Waals surface area contributed by atoms with E-state index in [9.17, 15) is 14.0 Å². The van der Waals surface area contributed by atoms with Gasteiger partial charge in [-0.3, -0.25) is 9.59 Å². The maximum absolute atomic E-state index is 12.8. The van der Waals surface area contributed by atoms with E-state index >= 15 is 0 Å². The van der Waals surface area contributed by atoms with E-state index in [1.54, 1.807) is 17.0 Å². The maximum atomic E-state index is 12.8. The van der Waals surface area contributed by atoms with Crippen molar-refractivity contribution in [2.24, 2.45) is 0 Å². The summed E-state index contributed by atoms with van der Waals surface area (Å²) in [6.07, 6.45) is -0.424. The predicted molar refractivity (Wildman–Crippen MR) is 70.5 cm³/mol. The Balaban J connectivity index is 1.95. The predicted octanol–water partition coefficient (Wildman–Crippen LogP) is 0.342. The summed E-state index contributed by atoms with van der Waals surface area (Å²) in [5.41, 5.74) is 0.749. The fourth-order valence-electron chi connectivity index (χ4n) is 2.08. The standard InChI is InChI=1S/C14H17FN2O3/c1-16-14(19)12-9-17(6-7-20-12)13(18)8-10-2-4-11(15)5-3-10/h2-5,12H,6-9H2,1H3,(H,16,19). The minimum absolute atomic E-state index is 0.0891. The van der Waals surface area contributed by atoms with Crippen LogP contribution in [0.4, 0.5) is 4.39 Å². The molecule has 20 heavy (non-hydrogen) atoms. The van der Waals surface area contributed by atoms with Gasteiger partial charge in [0, 0.05) is 13.6 Å². The van der Waals surface area contributed by atoms with Crippen molar-refractivity contribution in [3.8, 4) is 0 Å².